The van der Waals surface area contributed by atoms with Crippen molar-refractivity contribution in [3.63, 3.8) is 0 Å². The van der Waals surface area contributed by atoms with E-state index in [4.69, 9.17) is 55.6 Å². The maximum atomic E-state index is 12.1. The quantitative estimate of drug-likeness (QED) is 0.414. The number of esters is 1. The van der Waals surface area contributed by atoms with Crippen LogP contribution in [0.1, 0.15) is 16.3 Å². The molecule has 1 N–H and O–H groups in total. The fourth-order valence-electron chi connectivity index (χ4n) is 2.19. The molecule has 146 valence electrons. The third-order valence-corrected chi connectivity index (χ3v) is 5.03. The van der Waals surface area contributed by atoms with Crippen molar-refractivity contribution >= 4 is 64.0 Å². The minimum Gasteiger partial charge on any atom is -0.452 e. The summed E-state index contributed by atoms with van der Waals surface area (Å²) in [5.41, 5.74) is 0.0291. The van der Waals surface area contributed by atoms with Crippen LogP contribution in [-0.2, 0) is 16.1 Å². The molecule has 2 heterocycles. The van der Waals surface area contributed by atoms with Crippen LogP contribution in [0.15, 0.2) is 41.1 Å². The molecule has 0 atom stereocenters. The molecule has 11 heteroatoms. The SMILES string of the molecule is O=C(COC(=O)c1ccc(Cn2cccn2)o1)Nc1c(Cl)c(Cl)cc(Cl)c1Cl. The number of carbonyl (C=O) groups is 2. The number of carbonyl (C=O) groups excluding carboxylic acids is 2. The topological polar surface area (TPSA) is 86.4 Å². The molecule has 1 aromatic carbocycles. The van der Waals surface area contributed by atoms with E-state index in [2.05, 4.69) is 10.4 Å². The second-order valence-electron chi connectivity index (χ2n) is 5.44. The van der Waals surface area contributed by atoms with Gasteiger partial charge in [0.1, 0.15) is 5.76 Å². The van der Waals surface area contributed by atoms with E-state index in [-0.39, 0.29) is 31.5 Å². The predicted octanol–water partition coefficient (Wildman–Crippen LogP) is 4.93. The van der Waals surface area contributed by atoms with Crippen molar-refractivity contribution in [3.05, 3.63) is 68.3 Å². The van der Waals surface area contributed by atoms with E-state index >= 15 is 0 Å². The highest BCUT2D eigenvalue weighted by molar-refractivity contribution is 6.50. The number of rotatable bonds is 6. The van der Waals surface area contributed by atoms with Gasteiger partial charge >= 0.3 is 5.97 Å². The normalized spacial score (nSPS) is 10.7. The summed E-state index contributed by atoms with van der Waals surface area (Å²) in [5.74, 6) is -1.02. The largest absolute Gasteiger partial charge is 0.452 e. The molecular weight excluding hydrogens is 452 g/mol. The summed E-state index contributed by atoms with van der Waals surface area (Å²) >= 11 is 23.8. The second kappa shape index (κ2) is 8.87. The molecule has 1 amide bonds. The molecule has 7 nitrogen and oxygen atoms in total. The van der Waals surface area contributed by atoms with E-state index in [0.29, 0.717) is 12.3 Å². The smallest absolute Gasteiger partial charge is 0.374 e. The maximum Gasteiger partial charge on any atom is 0.374 e. The number of benzene rings is 1. The molecule has 2 aromatic heterocycles. The first kappa shape index (κ1) is 20.5. The first-order chi connectivity index (χ1) is 13.3. The Morgan fingerprint density at radius 3 is 2.50 bits per heavy atom. The van der Waals surface area contributed by atoms with Crippen LogP contribution in [0.5, 0.6) is 0 Å². The molecule has 0 fully saturated rings. The molecule has 0 aliphatic rings. The molecule has 3 aromatic rings. The number of anilines is 1. The van der Waals surface area contributed by atoms with Crippen LogP contribution in [0.25, 0.3) is 0 Å². The van der Waals surface area contributed by atoms with Gasteiger partial charge in [0.2, 0.25) is 5.76 Å². The van der Waals surface area contributed by atoms with E-state index in [0.717, 1.165) is 0 Å². The molecule has 0 bridgehead atoms. The standard InChI is InChI=1S/C17H11Cl4N3O4/c18-10-6-11(19)15(21)16(14(10)20)23-13(25)8-27-17(26)12-3-2-9(28-12)7-24-5-1-4-22-24/h1-6H,7-8H2,(H,23,25). The molecule has 0 saturated carbocycles. The van der Waals surface area contributed by atoms with Crippen LogP contribution in [0.4, 0.5) is 5.69 Å². The highest BCUT2D eigenvalue weighted by Gasteiger charge is 2.19. The molecular formula is C17H11Cl4N3O4. The Kier molecular flexibility index (Phi) is 6.51. The molecule has 0 radical (unpaired) electrons. The molecule has 0 spiro atoms. The lowest BCUT2D eigenvalue weighted by Gasteiger charge is -2.11. The van der Waals surface area contributed by atoms with Crippen LogP contribution in [0, 0.1) is 0 Å². The Balaban J connectivity index is 1.58. The molecule has 0 unspecified atom stereocenters. The molecule has 28 heavy (non-hydrogen) atoms. The number of aromatic nitrogens is 2. The lowest BCUT2D eigenvalue weighted by atomic mass is 10.3. The molecule has 0 saturated heterocycles. The number of nitrogens with zero attached hydrogens (tertiary/aromatic N) is 2. The van der Waals surface area contributed by atoms with Gasteiger partial charge in [0.25, 0.3) is 5.91 Å². The van der Waals surface area contributed by atoms with Crippen LogP contribution in [-0.4, -0.2) is 28.3 Å². The summed E-state index contributed by atoms with van der Waals surface area (Å²) in [6.07, 6.45) is 3.38. The summed E-state index contributed by atoms with van der Waals surface area (Å²) in [5, 5.41) is 6.72. The van der Waals surface area contributed by atoms with Crippen molar-refractivity contribution in [3.8, 4) is 0 Å². The first-order valence-corrected chi connectivity index (χ1v) is 9.22. The van der Waals surface area contributed by atoms with Crippen molar-refractivity contribution in [2.45, 2.75) is 6.54 Å². The monoisotopic (exact) mass is 461 g/mol. The van der Waals surface area contributed by atoms with Gasteiger partial charge in [-0.2, -0.15) is 5.10 Å². The Hall–Kier alpha value is -2.19. The van der Waals surface area contributed by atoms with Gasteiger partial charge in [0.05, 0.1) is 32.3 Å². The predicted molar refractivity (Wildman–Crippen MR) is 105 cm³/mol. The number of halogens is 4. The van der Waals surface area contributed by atoms with Crippen molar-refractivity contribution in [1.29, 1.82) is 0 Å². The Morgan fingerprint density at radius 2 is 1.86 bits per heavy atom. The van der Waals surface area contributed by atoms with Crippen molar-refractivity contribution in [2.75, 3.05) is 11.9 Å². The summed E-state index contributed by atoms with van der Waals surface area (Å²) in [6.45, 7) is -0.238. The van der Waals surface area contributed by atoms with Gasteiger partial charge in [-0.1, -0.05) is 46.4 Å². The summed E-state index contributed by atoms with van der Waals surface area (Å²) in [4.78, 5) is 24.1. The average molecular weight is 463 g/mol. The fourth-order valence-corrected chi connectivity index (χ4v) is 3.09. The average Bonchev–Trinajstić information content (AvgIpc) is 3.34. The Bertz CT molecular complexity index is 992. The fraction of sp³-hybridized carbons (Fsp3) is 0.118. The number of hydrogen-bond donors (Lipinski definition) is 1. The van der Waals surface area contributed by atoms with Gasteiger partial charge in [-0.25, -0.2) is 4.79 Å². The zero-order valence-electron chi connectivity index (χ0n) is 13.9. The highest BCUT2D eigenvalue weighted by Crippen LogP contribution is 2.40. The van der Waals surface area contributed by atoms with E-state index in [9.17, 15) is 9.59 Å². The van der Waals surface area contributed by atoms with E-state index in [1.807, 2.05) is 0 Å². The summed E-state index contributed by atoms with van der Waals surface area (Å²) in [6, 6.07) is 6.18. The van der Waals surface area contributed by atoms with Crippen LogP contribution < -0.4 is 5.32 Å². The third-order valence-electron chi connectivity index (χ3n) is 3.45. The minimum absolute atomic E-state index is 0.0186. The number of nitrogens with one attached hydrogen (secondary N) is 1. The Labute approximate surface area is 179 Å². The molecule has 3 rings (SSSR count). The lowest BCUT2D eigenvalue weighted by Crippen LogP contribution is -2.21. The number of ether oxygens (including phenoxy) is 1. The van der Waals surface area contributed by atoms with Crippen LogP contribution in [0.2, 0.25) is 20.1 Å². The van der Waals surface area contributed by atoms with E-state index in [1.54, 1.807) is 29.2 Å². The van der Waals surface area contributed by atoms with Crippen LogP contribution in [0.3, 0.4) is 0 Å². The summed E-state index contributed by atoms with van der Waals surface area (Å²) in [7, 11) is 0. The maximum absolute atomic E-state index is 12.1. The number of hydrogen-bond acceptors (Lipinski definition) is 5. The minimum atomic E-state index is -0.803. The van der Waals surface area contributed by atoms with Gasteiger partial charge in [-0.3, -0.25) is 9.48 Å². The zero-order chi connectivity index (χ0) is 20.3. The van der Waals surface area contributed by atoms with Gasteiger partial charge in [-0.15, -0.1) is 0 Å². The number of amides is 1. The second-order valence-corrected chi connectivity index (χ2v) is 7.01. The van der Waals surface area contributed by atoms with Gasteiger partial charge < -0.3 is 14.5 Å². The number of furan rings is 1. The summed E-state index contributed by atoms with van der Waals surface area (Å²) < 4.78 is 12.0. The molecule has 0 aliphatic carbocycles. The van der Waals surface area contributed by atoms with Gasteiger partial charge in [-0.05, 0) is 24.3 Å². The Morgan fingerprint density at radius 1 is 1.14 bits per heavy atom. The first-order valence-electron chi connectivity index (χ1n) is 7.71. The van der Waals surface area contributed by atoms with Crippen molar-refractivity contribution < 1.29 is 18.7 Å². The van der Waals surface area contributed by atoms with Crippen LogP contribution >= 0.6 is 46.4 Å². The zero-order valence-corrected chi connectivity index (χ0v) is 16.9. The van der Waals surface area contributed by atoms with E-state index in [1.165, 1.54) is 12.1 Å². The molecule has 0 aliphatic heterocycles. The highest BCUT2D eigenvalue weighted by atomic mass is 35.5. The van der Waals surface area contributed by atoms with Gasteiger partial charge in [0.15, 0.2) is 6.61 Å². The third kappa shape index (κ3) is 4.80. The lowest BCUT2D eigenvalue weighted by molar-refractivity contribution is -0.119. The van der Waals surface area contributed by atoms with Crippen molar-refractivity contribution in [2.24, 2.45) is 0 Å². The van der Waals surface area contributed by atoms with Gasteiger partial charge in [0, 0.05) is 12.4 Å². The van der Waals surface area contributed by atoms with Crippen molar-refractivity contribution in [1.82, 2.24) is 9.78 Å². The van der Waals surface area contributed by atoms with E-state index < -0.39 is 18.5 Å².